The molecule has 2 N–H and O–H groups in total. The van der Waals surface area contributed by atoms with Crippen LogP contribution in [0.2, 0.25) is 0 Å². The smallest absolute Gasteiger partial charge is 0.258 e. The van der Waals surface area contributed by atoms with E-state index in [1.165, 1.54) is 0 Å². The van der Waals surface area contributed by atoms with Crippen molar-refractivity contribution in [1.82, 2.24) is 9.97 Å². The van der Waals surface area contributed by atoms with Crippen molar-refractivity contribution >= 4 is 0 Å². The summed E-state index contributed by atoms with van der Waals surface area (Å²) in [7, 11) is 1.58. The van der Waals surface area contributed by atoms with Gasteiger partial charge in [-0.25, -0.2) is 0 Å². The van der Waals surface area contributed by atoms with E-state index in [-0.39, 0.29) is 17.4 Å². The lowest BCUT2D eigenvalue weighted by Crippen LogP contribution is -2.39. The van der Waals surface area contributed by atoms with Gasteiger partial charge in [0.1, 0.15) is 11.4 Å². The molecule has 0 aromatic carbocycles. The molecular formula is C13H20N2O4. The lowest BCUT2D eigenvalue weighted by Gasteiger charge is -2.34. The monoisotopic (exact) mass is 268 g/mol. The van der Waals surface area contributed by atoms with Crippen LogP contribution in [0.15, 0.2) is 4.79 Å². The van der Waals surface area contributed by atoms with Crippen LogP contribution >= 0.6 is 0 Å². The maximum Gasteiger partial charge on any atom is 0.258 e. The third-order valence-corrected chi connectivity index (χ3v) is 3.64. The van der Waals surface area contributed by atoms with Crippen LogP contribution in [0.1, 0.15) is 44.0 Å². The zero-order chi connectivity index (χ0) is 14.0. The Morgan fingerprint density at radius 3 is 2.53 bits per heavy atom. The van der Waals surface area contributed by atoms with Crippen molar-refractivity contribution in [2.24, 2.45) is 0 Å². The van der Waals surface area contributed by atoms with Gasteiger partial charge in [-0.3, -0.25) is 4.79 Å². The van der Waals surface area contributed by atoms with Gasteiger partial charge in [-0.2, -0.15) is 4.98 Å². The number of nitrogens with one attached hydrogen (secondary N) is 1. The molecule has 6 nitrogen and oxygen atoms in total. The highest BCUT2D eigenvalue weighted by molar-refractivity contribution is 5.27. The fraction of sp³-hybridized carbons (Fsp3) is 0.692. The summed E-state index contributed by atoms with van der Waals surface area (Å²) in [6.07, 6.45) is 1.21. The number of aromatic nitrogens is 2. The lowest BCUT2D eigenvalue weighted by molar-refractivity contribution is -0.100. The van der Waals surface area contributed by atoms with Gasteiger partial charge in [-0.1, -0.05) is 13.8 Å². The van der Waals surface area contributed by atoms with Crippen molar-refractivity contribution in [3.05, 3.63) is 21.7 Å². The van der Waals surface area contributed by atoms with Crippen LogP contribution in [-0.4, -0.2) is 35.4 Å². The molecule has 0 aliphatic carbocycles. The fourth-order valence-electron chi connectivity index (χ4n) is 2.45. The number of nitrogens with zero attached hydrogens (tertiary/aromatic N) is 1. The van der Waals surface area contributed by atoms with Crippen LogP contribution in [0, 0.1) is 0 Å². The SMILES string of the molecule is COC1(c2nc(O)c(C(C)C)c(=O)[nH]2)CCOCC1. The summed E-state index contributed by atoms with van der Waals surface area (Å²) in [4.78, 5) is 19.0. The van der Waals surface area contributed by atoms with Gasteiger partial charge in [-0.05, 0) is 5.92 Å². The topological polar surface area (TPSA) is 84.4 Å². The van der Waals surface area contributed by atoms with Gasteiger partial charge >= 0.3 is 0 Å². The molecule has 2 rings (SSSR count). The van der Waals surface area contributed by atoms with Crippen LogP contribution in [0.4, 0.5) is 0 Å². The minimum atomic E-state index is -0.676. The Hall–Kier alpha value is -1.40. The first kappa shape index (κ1) is 14.0. The maximum atomic E-state index is 12.1. The molecule has 1 aromatic rings. The van der Waals surface area contributed by atoms with Crippen LogP contribution in [0.3, 0.4) is 0 Å². The Morgan fingerprint density at radius 1 is 1.42 bits per heavy atom. The number of aromatic hydroxyl groups is 1. The normalized spacial score (nSPS) is 18.7. The predicted molar refractivity (Wildman–Crippen MR) is 69.4 cm³/mol. The largest absolute Gasteiger partial charge is 0.493 e. The van der Waals surface area contributed by atoms with Gasteiger partial charge in [0.2, 0.25) is 5.88 Å². The van der Waals surface area contributed by atoms with E-state index in [0.29, 0.717) is 37.4 Å². The number of hydrogen-bond donors (Lipinski definition) is 2. The van der Waals surface area contributed by atoms with Gasteiger partial charge < -0.3 is 19.6 Å². The third kappa shape index (κ3) is 2.50. The molecular weight excluding hydrogens is 248 g/mol. The van der Waals surface area contributed by atoms with E-state index in [1.807, 2.05) is 13.8 Å². The van der Waals surface area contributed by atoms with E-state index >= 15 is 0 Å². The molecule has 2 heterocycles. The van der Waals surface area contributed by atoms with E-state index in [9.17, 15) is 9.90 Å². The van der Waals surface area contributed by atoms with Crippen LogP contribution < -0.4 is 5.56 Å². The summed E-state index contributed by atoms with van der Waals surface area (Å²) >= 11 is 0. The van der Waals surface area contributed by atoms with Gasteiger partial charge in [0.15, 0.2) is 0 Å². The van der Waals surface area contributed by atoms with Crippen molar-refractivity contribution < 1.29 is 14.6 Å². The quantitative estimate of drug-likeness (QED) is 0.862. The molecule has 0 spiro atoms. The van der Waals surface area contributed by atoms with Crippen molar-refractivity contribution in [2.45, 2.75) is 38.2 Å². The number of ether oxygens (including phenoxy) is 2. The highest BCUT2D eigenvalue weighted by atomic mass is 16.5. The summed E-state index contributed by atoms with van der Waals surface area (Å²) in [5, 5.41) is 9.97. The van der Waals surface area contributed by atoms with Gasteiger partial charge in [-0.15, -0.1) is 0 Å². The average Bonchev–Trinajstić information content (AvgIpc) is 2.38. The second-order valence-electron chi connectivity index (χ2n) is 5.12. The standard InChI is InChI=1S/C13H20N2O4/c1-8(2)9-10(16)14-12(15-11(9)17)13(18-3)4-6-19-7-5-13/h8H,4-7H2,1-3H3,(H2,14,15,16,17). The Balaban J connectivity index is 2.48. The van der Waals surface area contributed by atoms with Crippen molar-refractivity contribution in [1.29, 1.82) is 0 Å². The van der Waals surface area contributed by atoms with Crippen LogP contribution in [0.25, 0.3) is 0 Å². The summed E-state index contributed by atoms with van der Waals surface area (Å²) < 4.78 is 10.9. The Kier molecular flexibility index (Phi) is 3.91. The van der Waals surface area contributed by atoms with E-state index < -0.39 is 5.60 Å². The zero-order valence-corrected chi connectivity index (χ0v) is 11.5. The molecule has 0 atom stereocenters. The lowest BCUT2D eigenvalue weighted by atomic mass is 9.92. The van der Waals surface area contributed by atoms with Crippen LogP contribution in [0.5, 0.6) is 5.88 Å². The minimum Gasteiger partial charge on any atom is -0.493 e. The first-order valence-corrected chi connectivity index (χ1v) is 6.47. The number of methoxy groups -OCH3 is 1. The summed E-state index contributed by atoms with van der Waals surface area (Å²) in [5.74, 6) is 0.0837. The molecule has 1 aliphatic heterocycles. The molecule has 1 fully saturated rings. The predicted octanol–water partition coefficient (Wildman–Crippen LogP) is 1.25. The highest BCUT2D eigenvalue weighted by Gasteiger charge is 2.37. The first-order valence-electron chi connectivity index (χ1n) is 6.47. The molecule has 0 unspecified atom stereocenters. The van der Waals surface area contributed by atoms with Crippen molar-refractivity contribution in [3.8, 4) is 5.88 Å². The van der Waals surface area contributed by atoms with Crippen molar-refractivity contribution in [3.63, 3.8) is 0 Å². The molecule has 1 saturated heterocycles. The molecule has 19 heavy (non-hydrogen) atoms. The summed E-state index contributed by atoms with van der Waals surface area (Å²) in [6.45, 7) is 4.77. The Bertz CT molecular complexity index is 504. The third-order valence-electron chi connectivity index (χ3n) is 3.64. The first-order chi connectivity index (χ1) is 9.00. The van der Waals surface area contributed by atoms with E-state index in [1.54, 1.807) is 7.11 Å². The maximum absolute atomic E-state index is 12.1. The molecule has 6 heteroatoms. The fourth-order valence-corrected chi connectivity index (χ4v) is 2.45. The summed E-state index contributed by atoms with van der Waals surface area (Å²) in [5.41, 5.74) is -0.674. The molecule has 1 aromatic heterocycles. The van der Waals surface area contributed by atoms with E-state index in [2.05, 4.69) is 9.97 Å². The molecule has 0 radical (unpaired) electrons. The minimum absolute atomic E-state index is 0.0847. The highest BCUT2D eigenvalue weighted by Crippen LogP contribution is 2.34. The van der Waals surface area contributed by atoms with Gasteiger partial charge in [0, 0.05) is 33.2 Å². The van der Waals surface area contributed by atoms with Gasteiger partial charge in [0.05, 0.1) is 5.56 Å². The Morgan fingerprint density at radius 2 is 2.05 bits per heavy atom. The van der Waals surface area contributed by atoms with Crippen molar-refractivity contribution in [2.75, 3.05) is 20.3 Å². The number of rotatable bonds is 3. The van der Waals surface area contributed by atoms with Crippen LogP contribution in [-0.2, 0) is 15.1 Å². The van der Waals surface area contributed by atoms with E-state index in [0.717, 1.165) is 0 Å². The molecule has 106 valence electrons. The van der Waals surface area contributed by atoms with E-state index in [4.69, 9.17) is 9.47 Å². The zero-order valence-electron chi connectivity index (χ0n) is 11.5. The molecule has 1 aliphatic rings. The molecule has 0 saturated carbocycles. The average molecular weight is 268 g/mol. The summed E-state index contributed by atoms with van der Waals surface area (Å²) in [6, 6.07) is 0. The Labute approximate surface area is 111 Å². The second-order valence-corrected chi connectivity index (χ2v) is 5.12. The van der Waals surface area contributed by atoms with Gasteiger partial charge in [0.25, 0.3) is 5.56 Å². The molecule has 0 amide bonds. The molecule has 0 bridgehead atoms. The number of aromatic amines is 1. The second kappa shape index (κ2) is 5.30. The number of hydrogen-bond acceptors (Lipinski definition) is 5. The number of H-pyrrole nitrogens is 1.